The van der Waals surface area contributed by atoms with Crippen LogP contribution in [-0.4, -0.2) is 52.9 Å². The Morgan fingerprint density at radius 3 is 2.33 bits per heavy atom. The highest BCUT2D eigenvalue weighted by Crippen LogP contribution is 2.22. The van der Waals surface area contributed by atoms with E-state index in [2.05, 4.69) is 10.3 Å². The summed E-state index contributed by atoms with van der Waals surface area (Å²) in [5, 5.41) is 2.92. The molecule has 0 bridgehead atoms. The molecule has 0 spiro atoms. The van der Waals surface area contributed by atoms with Gasteiger partial charge in [-0.05, 0) is 42.0 Å². The van der Waals surface area contributed by atoms with Crippen LogP contribution in [0.1, 0.15) is 10.4 Å². The van der Waals surface area contributed by atoms with E-state index in [0.717, 1.165) is 11.1 Å². The number of rotatable bonds is 3. The van der Waals surface area contributed by atoms with Crippen LogP contribution in [0.15, 0.2) is 73.1 Å². The molecular formula is C23H21FN4O2. The fourth-order valence-corrected chi connectivity index (χ4v) is 3.43. The second kappa shape index (κ2) is 8.73. The van der Waals surface area contributed by atoms with E-state index >= 15 is 0 Å². The first-order valence-electron chi connectivity index (χ1n) is 9.71. The van der Waals surface area contributed by atoms with Crippen molar-refractivity contribution in [1.29, 1.82) is 0 Å². The Bertz CT molecular complexity index is 1050. The van der Waals surface area contributed by atoms with Gasteiger partial charge in [-0.1, -0.05) is 24.3 Å². The Labute approximate surface area is 174 Å². The largest absolute Gasteiger partial charge is 0.335 e. The molecular weight excluding hydrogens is 383 g/mol. The SMILES string of the molecule is O=C(Nc1cccc(-c2cccnc2)c1)N1CCN(C(=O)c2cccc(F)c2)CC1. The third kappa shape index (κ3) is 4.46. The number of amides is 3. The molecule has 0 unspecified atom stereocenters. The van der Waals surface area contributed by atoms with Crippen molar-refractivity contribution < 1.29 is 14.0 Å². The Morgan fingerprint density at radius 2 is 1.60 bits per heavy atom. The average Bonchev–Trinajstić information content (AvgIpc) is 2.79. The van der Waals surface area contributed by atoms with E-state index in [4.69, 9.17) is 0 Å². The molecule has 1 N–H and O–H groups in total. The monoisotopic (exact) mass is 404 g/mol. The number of piperazine rings is 1. The fraction of sp³-hybridized carbons (Fsp3) is 0.174. The lowest BCUT2D eigenvalue weighted by molar-refractivity contribution is 0.0671. The van der Waals surface area contributed by atoms with Gasteiger partial charge < -0.3 is 15.1 Å². The van der Waals surface area contributed by atoms with Gasteiger partial charge in [-0.3, -0.25) is 9.78 Å². The maximum atomic E-state index is 13.4. The summed E-state index contributed by atoms with van der Waals surface area (Å²) in [4.78, 5) is 32.6. The molecule has 0 atom stereocenters. The summed E-state index contributed by atoms with van der Waals surface area (Å²) in [7, 11) is 0. The number of pyridine rings is 1. The Morgan fingerprint density at radius 1 is 0.867 bits per heavy atom. The van der Waals surface area contributed by atoms with Gasteiger partial charge in [0.25, 0.3) is 5.91 Å². The van der Waals surface area contributed by atoms with Crippen LogP contribution in [0.3, 0.4) is 0 Å². The number of benzene rings is 2. The van der Waals surface area contributed by atoms with Crippen molar-refractivity contribution in [3.8, 4) is 11.1 Å². The molecule has 1 aliphatic heterocycles. The highest BCUT2D eigenvalue weighted by molar-refractivity contribution is 5.95. The lowest BCUT2D eigenvalue weighted by Crippen LogP contribution is -2.51. The summed E-state index contributed by atoms with van der Waals surface area (Å²) in [5.74, 6) is -0.661. The number of carbonyl (C=O) groups is 2. The molecule has 1 aromatic heterocycles. The lowest BCUT2D eigenvalue weighted by Gasteiger charge is -2.34. The zero-order valence-corrected chi connectivity index (χ0v) is 16.3. The zero-order valence-electron chi connectivity index (χ0n) is 16.3. The molecule has 2 heterocycles. The average molecular weight is 404 g/mol. The van der Waals surface area contributed by atoms with E-state index in [1.54, 1.807) is 28.3 Å². The predicted molar refractivity (Wildman–Crippen MR) is 113 cm³/mol. The molecule has 6 nitrogen and oxygen atoms in total. The normalized spacial score (nSPS) is 13.8. The molecule has 4 rings (SSSR count). The van der Waals surface area contributed by atoms with Crippen LogP contribution in [0.25, 0.3) is 11.1 Å². The van der Waals surface area contributed by atoms with Crippen LogP contribution in [-0.2, 0) is 0 Å². The number of halogens is 1. The molecule has 3 aromatic rings. The number of hydrogen-bond donors (Lipinski definition) is 1. The number of nitrogens with zero attached hydrogens (tertiary/aromatic N) is 3. The Hall–Kier alpha value is -3.74. The van der Waals surface area contributed by atoms with E-state index < -0.39 is 5.82 Å². The zero-order chi connectivity index (χ0) is 20.9. The van der Waals surface area contributed by atoms with E-state index in [1.165, 1.54) is 18.2 Å². The fourth-order valence-electron chi connectivity index (χ4n) is 3.43. The first kappa shape index (κ1) is 19.6. The second-order valence-corrected chi connectivity index (χ2v) is 7.04. The predicted octanol–water partition coefficient (Wildman–Crippen LogP) is 3.88. The first-order valence-corrected chi connectivity index (χ1v) is 9.71. The molecule has 0 radical (unpaired) electrons. The summed E-state index contributed by atoms with van der Waals surface area (Å²) in [6.07, 6.45) is 3.49. The topological polar surface area (TPSA) is 65.5 Å². The Balaban J connectivity index is 1.35. The first-order chi connectivity index (χ1) is 14.6. The highest BCUT2D eigenvalue weighted by atomic mass is 19.1. The lowest BCUT2D eigenvalue weighted by atomic mass is 10.1. The van der Waals surface area contributed by atoms with E-state index in [1.807, 2.05) is 36.4 Å². The third-order valence-electron chi connectivity index (χ3n) is 5.03. The molecule has 3 amide bonds. The van der Waals surface area contributed by atoms with Crippen molar-refractivity contribution in [3.05, 3.63) is 84.4 Å². The highest BCUT2D eigenvalue weighted by Gasteiger charge is 2.25. The third-order valence-corrected chi connectivity index (χ3v) is 5.03. The second-order valence-electron chi connectivity index (χ2n) is 7.04. The van der Waals surface area contributed by atoms with E-state index in [9.17, 15) is 14.0 Å². The van der Waals surface area contributed by atoms with Gasteiger partial charge in [0.2, 0.25) is 0 Å². The van der Waals surface area contributed by atoms with Gasteiger partial charge >= 0.3 is 6.03 Å². The van der Waals surface area contributed by atoms with Gasteiger partial charge in [-0.2, -0.15) is 0 Å². The summed E-state index contributed by atoms with van der Waals surface area (Å²) in [6, 6.07) is 16.9. The summed E-state index contributed by atoms with van der Waals surface area (Å²) in [5.41, 5.74) is 2.95. The Kier molecular flexibility index (Phi) is 5.70. The molecule has 1 aliphatic rings. The van der Waals surface area contributed by atoms with E-state index in [-0.39, 0.29) is 11.9 Å². The smallest absolute Gasteiger partial charge is 0.321 e. The maximum Gasteiger partial charge on any atom is 0.321 e. The molecule has 30 heavy (non-hydrogen) atoms. The van der Waals surface area contributed by atoms with E-state index in [0.29, 0.717) is 37.4 Å². The molecule has 152 valence electrons. The minimum atomic E-state index is -0.438. The minimum absolute atomic E-state index is 0.212. The van der Waals surface area contributed by atoms with Crippen LogP contribution in [0, 0.1) is 5.82 Å². The van der Waals surface area contributed by atoms with Gasteiger partial charge in [0, 0.05) is 55.4 Å². The summed E-state index contributed by atoms with van der Waals surface area (Å²) < 4.78 is 13.4. The minimum Gasteiger partial charge on any atom is -0.335 e. The van der Waals surface area contributed by atoms with Crippen LogP contribution in [0.2, 0.25) is 0 Å². The summed E-state index contributed by atoms with van der Waals surface area (Å²) >= 11 is 0. The van der Waals surface area contributed by atoms with Crippen molar-refractivity contribution in [3.63, 3.8) is 0 Å². The van der Waals surface area contributed by atoms with Crippen molar-refractivity contribution in [1.82, 2.24) is 14.8 Å². The van der Waals surface area contributed by atoms with Gasteiger partial charge in [-0.15, -0.1) is 0 Å². The van der Waals surface area contributed by atoms with Crippen LogP contribution in [0.4, 0.5) is 14.9 Å². The number of urea groups is 1. The van der Waals surface area contributed by atoms with Crippen LogP contribution in [0.5, 0.6) is 0 Å². The molecule has 1 saturated heterocycles. The van der Waals surface area contributed by atoms with Gasteiger partial charge in [0.15, 0.2) is 0 Å². The van der Waals surface area contributed by atoms with Crippen molar-refractivity contribution in [2.24, 2.45) is 0 Å². The van der Waals surface area contributed by atoms with Gasteiger partial charge in [-0.25, -0.2) is 9.18 Å². The maximum absolute atomic E-state index is 13.4. The van der Waals surface area contributed by atoms with Gasteiger partial charge in [0.05, 0.1) is 0 Å². The standard InChI is InChI=1S/C23H21FN4O2/c24-20-7-1-5-18(14-20)22(29)27-10-12-28(13-11-27)23(30)26-21-8-2-4-17(15-21)19-6-3-9-25-16-19/h1-9,14-16H,10-13H2,(H,26,30). The molecule has 0 aliphatic carbocycles. The number of aromatic nitrogens is 1. The quantitative estimate of drug-likeness (QED) is 0.721. The molecule has 0 saturated carbocycles. The summed E-state index contributed by atoms with van der Waals surface area (Å²) in [6.45, 7) is 1.63. The molecule has 2 aromatic carbocycles. The number of hydrogen-bond acceptors (Lipinski definition) is 3. The number of anilines is 1. The number of nitrogens with one attached hydrogen (secondary N) is 1. The molecule has 7 heteroatoms. The van der Waals surface area contributed by atoms with Crippen molar-refractivity contribution >= 4 is 17.6 Å². The van der Waals surface area contributed by atoms with Crippen molar-refractivity contribution in [2.75, 3.05) is 31.5 Å². The number of carbonyl (C=O) groups excluding carboxylic acids is 2. The van der Waals surface area contributed by atoms with Crippen molar-refractivity contribution in [2.45, 2.75) is 0 Å². The van der Waals surface area contributed by atoms with Crippen LogP contribution < -0.4 is 5.32 Å². The molecule has 1 fully saturated rings. The van der Waals surface area contributed by atoms with Gasteiger partial charge in [0.1, 0.15) is 5.82 Å². The van der Waals surface area contributed by atoms with Crippen LogP contribution >= 0.6 is 0 Å².